The van der Waals surface area contributed by atoms with Gasteiger partial charge in [0.2, 0.25) is 10.0 Å². The van der Waals surface area contributed by atoms with Gasteiger partial charge in [-0.1, -0.05) is 18.2 Å². The van der Waals surface area contributed by atoms with Crippen LogP contribution in [0.2, 0.25) is 0 Å². The summed E-state index contributed by atoms with van der Waals surface area (Å²) in [6, 6.07) is 8.62. The smallest absolute Gasteiger partial charge is 0.243 e. The second kappa shape index (κ2) is 5.27. The number of sulfonamides is 1. The van der Waals surface area contributed by atoms with Crippen molar-refractivity contribution in [2.24, 2.45) is 7.05 Å². The highest BCUT2D eigenvalue weighted by Crippen LogP contribution is 2.30. The Kier molecular flexibility index (Phi) is 3.59. The SMILES string of the molecule is Cc1cn(C)c([C@@H]2CCN(S(=O)(=O)c3ccccc3)C2)n1. The van der Waals surface area contributed by atoms with Crippen LogP contribution in [0, 0.1) is 6.92 Å². The van der Waals surface area contributed by atoms with Gasteiger partial charge < -0.3 is 4.57 Å². The molecular formula is C15H19N3O2S. The Labute approximate surface area is 125 Å². The van der Waals surface area contributed by atoms with Gasteiger partial charge in [-0.15, -0.1) is 0 Å². The molecule has 1 aliphatic heterocycles. The first-order valence-corrected chi connectivity index (χ1v) is 8.47. The average molecular weight is 305 g/mol. The maximum Gasteiger partial charge on any atom is 0.243 e. The van der Waals surface area contributed by atoms with E-state index >= 15 is 0 Å². The summed E-state index contributed by atoms with van der Waals surface area (Å²) in [5.41, 5.74) is 0.969. The van der Waals surface area contributed by atoms with Crippen LogP contribution in [0.5, 0.6) is 0 Å². The summed E-state index contributed by atoms with van der Waals surface area (Å²) in [6.07, 6.45) is 2.79. The van der Waals surface area contributed by atoms with Crippen molar-refractivity contribution in [3.05, 3.63) is 48.0 Å². The minimum Gasteiger partial charge on any atom is -0.337 e. The maximum atomic E-state index is 12.6. The number of rotatable bonds is 3. The zero-order valence-electron chi connectivity index (χ0n) is 12.2. The molecule has 0 spiro atoms. The van der Waals surface area contributed by atoms with Gasteiger partial charge in [-0.2, -0.15) is 4.31 Å². The highest BCUT2D eigenvalue weighted by molar-refractivity contribution is 7.89. The third-order valence-electron chi connectivity index (χ3n) is 3.93. The van der Waals surface area contributed by atoms with E-state index < -0.39 is 10.0 Å². The van der Waals surface area contributed by atoms with Crippen molar-refractivity contribution < 1.29 is 8.42 Å². The van der Waals surface area contributed by atoms with Gasteiger partial charge in [-0.05, 0) is 25.5 Å². The van der Waals surface area contributed by atoms with E-state index in [9.17, 15) is 8.42 Å². The van der Waals surface area contributed by atoms with Crippen molar-refractivity contribution in [2.45, 2.75) is 24.2 Å². The quantitative estimate of drug-likeness (QED) is 0.870. The largest absolute Gasteiger partial charge is 0.337 e. The van der Waals surface area contributed by atoms with E-state index in [-0.39, 0.29) is 5.92 Å². The van der Waals surface area contributed by atoms with Crippen molar-refractivity contribution in [3.8, 4) is 0 Å². The van der Waals surface area contributed by atoms with Crippen LogP contribution < -0.4 is 0 Å². The first kappa shape index (κ1) is 14.3. The summed E-state index contributed by atoms with van der Waals surface area (Å²) in [7, 11) is -1.43. The van der Waals surface area contributed by atoms with E-state index in [1.165, 1.54) is 0 Å². The van der Waals surface area contributed by atoms with Gasteiger partial charge in [0.15, 0.2) is 0 Å². The Morgan fingerprint density at radius 1 is 1.24 bits per heavy atom. The molecule has 2 aromatic rings. The molecule has 112 valence electrons. The van der Waals surface area contributed by atoms with Gasteiger partial charge in [0, 0.05) is 32.3 Å². The molecule has 0 bridgehead atoms. The Bertz CT molecular complexity index is 738. The lowest BCUT2D eigenvalue weighted by molar-refractivity contribution is 0.470. The number of hydrogen-bond acceptors (Lipinski definition) is 3. The fourth-order valence-electron chi connectivity index (χ4n) is 2.91. The fraction of sp³-hybridized carbons (Fsp3) is 0.400. The van der Waals surface area contributed by atoms with Crippen molar-refractivity contribution in [3.63, 3.8) is 0 Å². The van der Waals surface area contributed by atoms with Crippen molar-refractivity contribution >= 4 is 10.0 Å². The summed E-state index contributed by atoms with van der Waals surface area (Å²) < 4.78 is 28.8. The molecule has 1 atom stereocenters. The van der Waals surface area contributed by atoms with Gasteiger partial charge in [-0.3, -0.25) is 0 Å². The molecule has 0 aliphatic carbocycles. The van der Waals surface area contributed by atoms with E-state index in [0.29, 0.717) is 18.0 Å². The monoisotopic (exact) mass is 305 g/mol. The summed E-state index contributed by atoms with van der Waals surface area (Å²) >= 11 is 0. The first-order valence-electron chi connectivity index (χ1n) is 7.03. The zero-order chi connectivity index (χ0) is 15.0. The lowest BCUT2D eigenvalue weighted by atomic mass is 10.1. The van der Waals surface area contributed by atoms with Crippen LogP contribution in [-0.4, -0.2) is 35.4 Å². The molecule has 0 saturated carbocycles. The minimum absolute atomic E-state index is 0.169. The molecule has 1 fully saturated rings. The second-order valence-electron chi connectivity index (χ2n) is 5.51. The number of imidazole rings is 1. The van der Waals surface area contributed by atoms with Crippen molar-refractivity contribution in [1.29, 1.82) is 0 Å². The zero-order valence-corrected chi connectivity index (χ0v) is 13.0. The molecule has 6 heteroatoms. The van der Waals surface area contributed by atoms with Gasteiger partial charge in [0.05, 0.1) is 10.6 Å². The summed E-state index contributed by atoms with van der Waals surface area (Å²) in [5, 5.41) is 0. The molecule has 1 aromatic heterocycles. The molecule has 0 unspecified atom stereocenters. The van der Waals surface area contributed by atoms with Crippen molar-refractivity contribution in [1.82, 2.24) is 13.9 Å². The molecule has 1 aromatic carbocycles. The van der Waals surface area contributed by atoms with Crippen LogP contribution in [-0.2, 0) is 17.1 Å². The molecule has 21 heavy (non-hydrogen) atoms. The molecule has 0 radical (unpaired) electrons. The van der Waals surface area contributed by atoms with E-state index in [4.69, 9.17) is 0 Å². The molecule has 2 heterocycles. The summed E-state index contributed by atoms with van der Waals surface area (Å²) in [6.45, 7) is 3.01. The molecular weight excluding hydrogens is 286 g/mol. The summed E-state index contributed by atoms with van der Waals surface area (Å²) in [4.78, 5) is 4.89. The normalized spacial score (nSPS) is 20.0. The number of aryl methyl sites for hydroxylation is 2. The molecule has 0 amide bonds. The van der Waals surface area contributed by atoms with Gasteiger partial charge in [0.25, 0.3) is 0 Å². The lowest BCUT2D eigenvalue weighted by Crippen LogP contribution is -2.28. The number of benzene rings is 1. The maximum absolute atomic E-state index is 12.6. The average Bonchev–Trinajstić information content (AvgIpc) is 3.06. The first-order chi connectivity index (χ1) is 9.98. The van der Waals surface area contributed by atoms with Crippen molar-refractivity contribution in [2.75, 3.05) is 13.1 Å². The molecule has 3 rings (SSSR count). The summed E-state index contributed by atoms with van der Waals surface area (Å²) in [5.74, 6) is 1.14. The number of aromatic nitrogens is 2. The highest BCUT2D eigenvalue weighted by Gasteiger charge is 2.34. The van der Waals surface area contributed by atoms with E-state index in [0.717, 1.165) is 17.9 Å². The molecule has 1 aliphatic rings. The lowest BCUT2D eigenvalue weighted by Gasteiger charge is -2.16. The number of hydrogen-bond donors (Lipinski definition) is 0. The Morgan fingerprint density at radius 3 is 2.57 bits per heavy atom. The van der Waals surface area contributed by atoms with E-state index in [1.807, 2.05) is 30.8 Å². The Hall–Kier alpha value is -1.66. The predicted molar refractivity (Wildman–Crippen MR) is 80.5 cm³/mol. The Balaban J connectivity index is 1.83. The van der Waals surface area contributed by atoms with E-state index in [2.05, 4.69) is 4.98 Å². The molecule has 5 nitrogen and oxygen atoms in total. The standard InChI is InChI=1S/C15H19N3O2S/c1-12-10-17(2)15(16-12)13-8-9-18(11-13)21(19,20)14-6-4-3-5-7-14/h3-7,10,13H,8-9,11H2,1-2H3/t13-/m1/s1. The third-order valence-corrected chi connectivity index (χ3v) is 5.81. The topological polar surface area (TPSA) is 55.2 Å². The highest BCUT2D eigenvalue weighted by atomic mass is 32.2. The van der Waals surface area contributed by atoms with Crippen LogP contribution in [0.1, 0.15) is 23.9 Å². The van der Waals surface area contributed by atoms with Gasteiger partial charge in [-0.25, -0.2) is 13.4 Å². The van der Waals surface area contributed by atoms with Gasteiger partial charge in [0.1, 0.15) is 5.82 Å². The third kappa shape index (κ3) is 2.61. The van der Waals surface area contributed by atoms with Crippen LogP contribution in [0.3, 0.4) is 0 Å². The predicted octanol–water partition coefficient (Wildman–Crippen LogP) is 1.91. The van der Waals surface area contributed by atoms with Crippen LogP contribution >= 0.6 is 0 Å². The van der Waals surface area contributed by atoms with E-state index in [1.54, 1.807) is 28.6 Å². The van der Waals surface area contributed by atoms with Crippen LogP contribution in [0.15, 0.2) is 41.4 Å². The Morgan fingerprint density at radius 2 is 1.95 bits per heavy atom. The number of nitrogens with zero attached hydrogens (tertiary/aromatic N) is 3. The van der Waals surface area contributed by atoms with Crippen LogP contribution in [0.4, 0.5) is 0 Å². The molecule has 1 saturated heterocycles. The molecule has 0 N–H and O–H groups in total. The minimum atomic E-state index is -3.39. The second-order valence-corrected chi connectivity index (χ2v) is 7.45. The van der Waals surface area contributed by atoms with Gasteiger partial charge >= 0.3 is 0 Å². The fourth-order valence-corrected chi connectivity index (χ4v) is 4.43. The van der Waals surface area contributed by atoms with Crippen LogP contribution in [0.25, 0.3) is 0 Å².